The van der Waals surface area contributed by atoms with Gasteiger partial charge in [0, 0.05) is 13.5 Å². The highest BCUT2D eigenvalue weighted by atomic mass is 16.6. The van der Waals surface area contributed by atoms with Gasteiger partial charge in [0.2, 0.25) is 0 Å². The number of methoxy groups -OCH3 is 1. The highest BCUT2D eigenvalue weighted by Gasteiger charge is 2.00. The van der Waals surface area contributed by atoms with Gasteiger partial charge in [-0.15, -0.1) is 0 Å². The summed E-state index contributed by atoms with van der Waals surface area (Å²) in [7, 11) is 1.47. The van der Waals surface area contributed by atoms with Crippen LogP contribution < -0.4 is 0 Å². The van der Waals surface area contributed by atoms with E-state index in [1.165, 1.54) is 7.11 Å². The largest absolute Gasteiger partial charge is 0.377 e. The van der Waals surface area contributed by atoms with Gasteiger partial charge in [-0.3, -0.25) is 0 Å². The third-order valence-corrected chi connectivity index (χ3v) is 1.89. The Morgan fingerprint density at radius 1 is 1.29 bits per heavy atom. The third-order valence-electron chi connectivity index (χ3n) is 1.89. The molecule has 1 unspecified atom stereocenters. The molecule has 0 aliphatic rings. The number of hydrogen-bond acceptors (Lipinski definition) is 3. The van der Waals surface area contributed by atoms with Crippen LogP contribution in [0, 0.1) is 0 Å². The van der Waals surface area contributed by atoms with Crippen molar-refractivity contribution in [2.24, 2.45) is 0 Å². The fraction of sp³-hybridized carbons (Fsp3) is 0.455. The molecular formula is C11H16O3. The summed E-state index contributed by atoms with van der Waals surface area (Å²) in [6, 6.07) is 9.93. The zero-order valence-corrected chi connectivity index (χ0v) is 8.35. The van der Waals surface area contributed by atoms with Crippen molar-refractivity contribution in [1.29, 1.82) is 0 Å². The van der Waals surface area contributed by atoms with Gasteiger partial charge in [-0.05, 0) is 5.56 Å². The van der Waals surface area contributed by atoms with Gasteiger partial charge in [0.05, 0.1) is 13.2 Å². The maximum absolute atomic E-state index is 9.05. The number of hydrogen-bond donors (Lipinski definition) is 1. The summed E-state index contributed by atoms with van der Waals surface area (Å²) in [5.41, 5.74) is 1.14. The van der Waals surface area contributed by atoms with Crippen LogP contribution in [0.15, 0.2) is 30.3 Å². The Hall–Kier alpha value is -0.900. The Kier molecular flexibility index (Phi) is 5.22. The van der Waals surface area contributed by atoms with E-state index < -0.39 is 6.29 Å². The Labute approximate surface area is 84.3 Å². The average molecular weight is 196 g/mol. The van der Waals surface area contributed by atoms with Gasteiger partial charge >= 0.3 is 0 Å². The molecule has 1 aromatic rings. The van der Waals surface area contributed by atoms with Crippen molar-refractivity contribution in [2.75, 3.05) is 13.7 Å². The maximum Gasteiger partial charge on any atom is 0.156 e. The summed E-state index contributed by atoms with van der Waals surface area (Å²) >= 11 is 0. The molecule has 0 aromatic heterocycles. The van der Waals surface area contributed by atoms with Gasteiger partial charge in [0.15, 0.2) is 6.29 Å². The van der Waals surface area contributed by atoms with Crippen molar-refractivity contribution in [3.8, 4) is 0 Å². The molecule has 14 heavy (non-hydrogen) atoms. The normalized spacial score (nSPS) is 12.7. The first-order valence-electron chi connectivity index (χ1n) is 4.65. The number of ether oxygens (including phenoxy) is 2. The molecule has 0 amide bonds. The second-order valence-corrected chi connectivity index (χ2v) is 3.02. The predicted molar refractivity (Wildman–Crippen MR) is 53.7 cm³/mol. The van der Waals surface area contributed by atoms with Crippen molar-refractivity contribution in [3.63, 3.8) is 0 Å². The van der Waals surface area contributed by atoms with Crippen LogP contribution in [-0.4, -0.2) is 25.1 Å². The zero-order valence-electron chi connectivity index (χ0n) is 8.35. The first kappa shape index (κ1) is 11.2. The van der Waals surface area contributed by atoms with Gasteiger partial charge in [-0.25, -0.2) is 0 Å². The zero-order chi connectivity index (χ0) is 10.2. The molecular weight excluding hydrogens is 180 g/mol. The Morgan fingerprint density at radius 3 is 2.64 bits per heavy atom. The van der Waals surface area contributed by atoms with E-state index in [1.807, 2.05) is 30.3 Å². The lowest BCUT2D eigenvalue weighted by molar-refractivity contribution is -0.0910. The van der Waals surface area contributed by atoms with Crippen molar-refractivity contribution in [2.45, 2.75) is 19.3 Å². The summed E-state index contributed by atoms with van der Waals surface area (Å²) < 4.78 is 10.0. The van der Waals surface area contributed by atoms with Gasteiger partial charge in [-0.1, -0.05) is 30.3 Å². The number of benzene rings is 1. The molecule has 0 radical (unpaired) electrons. The lowest BCUT2D eigenvalue weighted by Gasteiger charge is -2.08. The van der Waals surface area contributed by atoms with Crippen molar-refractivity contribution in [3.05, 3.63) is 35.9 Å². The highest BCUT2D eigenvalue weighted by molar-refractivity contribution is 5.13. The van der Waals surface area contributed by atoms with Crippen molar-refractivity contribution < 1.29 is 14.6 Å². The van der Waals surface area contributed by atoms with E-state index >= 15 is 0 Å². The van der Waals surface area contributed by atoms with E-state index in [4.69, 9.17) is 9.84 Å². The minimum absolute atomic E-state index is 0.503. The van der Waals surface area contributed by atoms with E-state index in [2.05, 4.69) is 4.74 Å². The van der Waals surface area contributed by atoms with Gasteiger partial charge < -0.3 is 14.6 Å². The predicted octanol–water partition coefficient (Wildman–Crippen LogP) is 1.56. The van der Waals surface area contributed by atoms with Crippen LogP contribution in [0.2, 0.25) is 0 Å². The highest BCUT2D eigenvalue weighted by Crippen LogP contribution is 2.01. The van der Waals surface area contributed by atoms with Gasteiger partial charge in [-0.2, -0.15) is 0 Å². The van der Waals surface area contributed by atoms with Crippen LogP contribution in [0.4, 0.5) is 0 Å². The molecule has 0 aliphatic carbocycles. The van der Waals surface area contributed by atoms with E-state index in [0.717, 1.165) is 5.56 Å². The summed E-state index contributed by atoms with van der Waals surface area (Å²) in [4.78, 5) is 0. The Balaban J connectivity index is 2.10. The molecule has 0 fully saturated rings. The molecule has 1 aromatic carbocycles. The van der Waals surface area contributed by atoms with E-state index in [9.17, 15) is 0 Å². The Morgan fingerprint density at radius 2 is 2.00 bits per heavy atom. The Bertz CT molecular complexity index is 236. The average Bonchev–Trinajstić information content (AvgIpc) is 2.25. The second kappa shape index (κ2) is 6.54. The molecule has 3 nitrogen and oxygen atoms in total. The smallest absolute Gasteiger partial charge is 0.156 e. The second-order valence-electron chi connectivity index (χ2n) is 3.02. The monoisotopic (exact) mass is 196 g/mol. The molecule has 78 valence electrons. The first-order chi connectivity index (χ1) is 6.83. The molecule has 3 heteroatoms. The maximum atomic E-state index is 9.05. The fourth-order valence-corrected chi connectivity index (χ4v) is 1.07. The van der Waals surface area contributed by atoms with Crippen molar-refractivity contribution >= 4 is 0 Å². The lowest BCUT2D eigenvalue weighted by Crippen LogP contribution is -2.12. The molecule has 0 aliphatic heterocycles. The number of aliphatic hydroxyl groups is 1. The molecule has 0 bridgehead atoms. The van der Waals surface area contributed by atoms with E-state index in [1.54, 1.807) is 0 Å². The molecule has 0 saturated carbocycles. The topological polar surface area (TPSA) is 38.7 Å². The van der Waals surface area contributed by atoms with Crippen LogP contribution in [0.1, 0.15) is 12.0 Å². The van der Waals surface area contributed by atoms with Crippen LogP contribution in [-0.2, 0) is 16.1 Å². The molecule has 0 saturated heterocycles. The summed E-state index contributed by atoms with van der Waals surface area (Å²) in [5, 5.41) is 9.05. The molecule has 0 spiro atoms. The first-order valence-corrected chi connectivity index (χ1v) is 4.65. The summed E-state index contributed by atoms with van der Waals surface area (Å²) in [5.74, 6) is 0. The number of rotatable bonds is 6. The van der Waals surface area contributed by atoms with Gasteiger partial charge in [0.1, 0.15) is 0 Å². The van der Waals surface area contributed by atoms with E-state index in [-0.39, 0.29) is 0 Å². The molecule has 0 heterocycles. The van der Waals surface area contributed by atoms with Gasteiger partial charge in [0.25, 0.3) is 0 Å². The standard InChI is InChI=1S/C11H16O3/c1-13-11(12)7-8-14-9-10-5-3-2-4-6-10/h2-6,11-12H,7-9H2,1H3. The van der Waals surface area contributed by atoms with Crippen LogP contribution in [0.5, 0.6) is 0 Å². The fourth-order valence-electron chi connectivity index (χ4n) is 1.07. The van der Waals surface area contributed by atoms with Crippen molar-refractivity contribution in [1.82, 2.24) is 0 Å². The minimum atomic E-state index is -0.717. The van der Waals surface area contributed by atoms with Crippen LogP contribution in [0.25, 0.3) is 0 Å². The van der Waals surface area contributed by atoms with E-state index in [0.29, 0.717) is 19.6 Å². The summed E-state index contributed by atoms with van der Waals surface area (Å²) in [6.07, 6.45) is -0.214. The minimum Gasteiger partial charge on any atom is -0.377 e. The summed E-state index contributed by atoms with van der Waals surface area (Å²) in [6.45, 7) is 1.08. The molecule has 1 atom stereocenters. The molecule has 1 N–H and O–H groups in total. The van der Waals surface area contributed by atoms with Crippen LogP contribution >= 0.6 is 0 Å². The third kappa shape index (κ3) is 4.37. The lowest BCUT2D eigenvalue weighted by atomic mass is 10.2. The quantitative estimate of drug-likeness (QED) is 0.554. The SMILES string of the molecule is COC(O)CCOCc1ccccc1. The molecule has 1 rings (SSSR count). The van der Waals surface area contributed by atoms with Crippen LogP contribution in [0.3, 0.4) is 0 Å². The number of aliphatic hydroxyl groups excluding tert-OH is 1.